The van der Waals surface area contributed by atoms with Gasteiger partial charge in [-0.25, -0.2) is 0 Å². The number of fused-ring (bicyclic) bond motifs is 1. The monoisotopic (exact) mass is 402 g/mol. The van der Waals surface area contributed by atoms with E-state index in [4.69, 9.17) is 0 Å². The van der Waals surface area contributed by atoms with Gasteiger partial charge in [-0.2, -0.15) is 4.68 Å². The summed E-state index contributed by atoms with van der Waals surface area (Å²) in [6.07, 6.45) is 0. The molecular formula is C23H26N6O. The van der Waals surface area contributed by atoms with E-state index in [-0.39, 0.29) is 11.3 Å². The number of aryl methyl sites for hydroxylation is 1. The van der Waals surface area contributed by atoms with Gasteiger partial charge in [-0.05, 0) is 58.5 Å². The van der Waals surface area contributed by atoms with E-state index in [0.29, 0.717) is 11.5 Å². The van der Waals surface area contributed by atoms with Gasteiger partial charge >= 0.3 is 0 Å². The third kappa shape index (κ3) is 3.70. The molecule has 1 atom stereocenters. The number of hydrogen-bond donors (Lipinski definition) is 2. The minimum absolute atomic E-state index is 0.0454. The quantitative estimate of drug-likeness (QED) is 0.686. The van der Waals surface area contributed by atoms with E-state index in [1.807, 2.05) is 38.1 Å². The van der Waals surface area contributed by atoms with Crippen LogP contribution in [0.15, 0.2) is 59.8 Å². The van der Waals surface area contributed by atoms with Crippen molar-refractivity contribution >= 4 is 17.5 Å². The second-order valence-corrected chi connectivity index (χ2v) is 8.71. The molecule has 7 heteroatoms. The molecule has 1 aliphatic rings. The second-order valence-electron chi connectivity index (χ2n) is 8.71. The van der Waals surface area contributed by atoms with Crippen molar-refractivity contribution in [3.05, 3.63) is 76.5 Å². The summed E-state index contributed by atoms with van der Waals surface area (Å²) < 4.78 is 1.66. The molecule has 3 aromatic rings. The average Bonchev–Trinajstić information content (AvgIpc) is 3.14. The van der Waals surface area contributed by atoms with Gasteiger partial charge in [-0.15, -0.1) is 0 Å². The molecule has 0 spiro atoms. The number of rotatable bonds is 3. The molecule has 2 heterocycles. The highest BCUT2D eigenvalue weighted by atomic mass is 16.1. The van der Waals surface area contributed by atoms with E-state index in [2.05, 4.69) is 71.2 Å². The van der Waals surface area contributed by atoms with Crippen LogP contribution < -0.4 is 10.6 Å². The number of tetrazole rings is 1. The van der Waals surface area contributed by atoms with Gasteiger partial charge < -0.3 is 10.6 Å². The summed E-state index contributed by atoms with van der Waals surface area (Å²) in [4.78, 5) is 13.3. The SMILES string of the molecule is CC1=C(C(=O)Nc2cccc(C)c2)C(c2ccc(C(C)(C)C)cc2)n2nnnc2N1. The third-order valence-electron chi connectivity index (χ3n) is 5.33. The summed E-state index contributed by atoms with van der Waals surface area (Å²) in [5.41, 5.74) is 5.37. The van der Waals surface area contributed by atoms with E-state index < -0.39 is 6.04 Å². The fourth-order valence-corrected chi connectivity index (χ4v) is 3.70. The first kappa shape index (κ1) is 19.8. The van der Waals surface area contributed by atoms with Crippen molar-refractivity contribution in [2.24, 2.45) is 0 Å². The Bertz CT molecular complexity index is 1120. The average molecular weight is 403 g/mol. The molecule has 1 aliphatic heterocycles. The number of nitrogens with zero attached hydrogens (tertiary/aromatic N) is 4. The van der Waals surface area contributed by atoms with Gasteiger partial charge in [0.15, 0.2) is 0 Å². The van der Waals surface area contributed by atoms with Crippen LogP contribution >= 0.6 is 0 Å². The number of aromatic nitrogens is 4. The van der Waals surface area contributed by atoms with Crippen molar-refractivity contribution in [2.45, 2.75) is 46.1 Å². The van der Waals surface area contributed by atoms with E-state index in [1.54, 1.807) is 4.68 Å². The van der Waals surface area contributed by atoms with Crippen LogP contribution in [0.4, 0.5) is 11.6 Å². The van der Waals surface area contributed by atoms with Crippen LogP contribution in [-0.2, 0) is 10.2 Å². The Kier molecular flexibility index (Phi) is 4.89. The lowest BCUT2D eigenvalue weighted by Gasteiger charge is -2.28. The number of carbonyl (C=O) groups excluding carboxylic acids is 1. The van der Waals surface area contributed by atoms with Crippen LogP contribution in [0.3, 0.4) is 0 Å². The number of benzene rings is 2. The van der Waals surface area contributed by atoms with Gasteiger partial charge in [-0.3, -0.25) is 4.79 Å². The van der Waals surface area contributed by atoms with Crippen LogP contribution in [0.2, 0.25) is 0 Å². The normalized spacial score (nSPS) is 16.1. The Morgan fingerprint density at radius 3 is 2.50 bits per heavy atom. The minimum atomic E-state index is -0.421. The van der Waals surface area contributed by atoms with Crippen LogP contribution in [0.25, 0.3) is 0 Å². The molecule has 154 valence electrons. The molecule has 0 aliphatic carbocycles. The molecule has 1 aromatic heterocycles. The van der Waals surface area contributed by atoms with Crippen molar-refractivity contribution in [1.82, 2.24) is 20.2 Å². The first-order chi connectivity index (χ1) is 14.2. The van der Waals surface area contributed by atoms with E-state index in [0.717, 1.165) is 22.5 Å². The summed E-state index contributed by atoms with van der Waals surface area (Å²) in [6, 6.07) is 15.6. The maximum atomic E-state index is 13.3. The molecule has 4 rings (SSSR count). The Labute approximate surface area is 176 Å². The van der Waals surface area contributed by atoms with Gasteiger partial charge in [0.2, 0.25) is 5.95 Å². The number of hydrogen-bond acceptors (Lipinski definition) is 5. The fraction of sp³-hybridized carbons (Fsp3) is 0.304. The number of anilines is 2. The van der Waals surface area contributed by atoms with Gasteiger partial charge in [0.25, 0.3) is 5.91 Å². The maximum absolute atomic E-state index is 13.3. The minimum Gasteiger partial charge on any atom is -0.326 e. The summed E-state index contributed by atoms with van der Waals surface area (Å²) >= 11 is 0. The van der Waals surface area contributed by atoms with Gasteiger partial charge in [0, 0.05) is 11.4 Å². The summed E-state index contributed by atoms with van der Waals surface area (Å²) in [5, 5.41) is 18.2. The Morgan fingerprint density at radius 1 is 1.10 bits per heavy atom. The molecule has 0 bridgehead atoms. The van der Waals surface area contributed by atoms with Crippen LogP contribution in [0, 0.1) is 6.92 Å². The third-order valence-corrected chi connectivity index (χ3v) is 5.33. The number of amides is 1. The van der Waals surface area contributed by atoms with Crippen LogP contribution in [0.1, 0.15) is 50.4 Å². The lowest BCUT2D eigenvalue weighted by atomic mass is 9.85. The number of allylic oxidation sites excluding steroid dienone is 1. The lowest BCUT2D eigenvalue weighted by Crippen LogP contribution is -2.31. The highest BCUT2D eigenvalue weighted by Crippen LogP contribution is 2.35. The van der Waals surface area contributed by atoms with Crippen LogP contribution in [-0.4, -0.2) is 26.1 Å². The standard InChI is InChI=1S/C23H26N6O/c1-14-7-6-8-18(13-14)25-21(30)19-15(2)24-22-26-27-28-29(22)20(19)16-9-11-17(12-10-16)23(3,4)5/h6-13,20H,1-5H3,(H,25,30)(H,24,26,28). The Morgan fingerprint density at radius 2 is 1.83 bits per heavy atom. The largest absolute Gasteiger partial charge is 0.326 e. The van der Waals surface area contributed by atoms with Gasteiger partial charge in [0.05, 0.1) is 5.57 Å². The predicted molar refractivity (Wildman–Crippen MR) is 117 cm³/mol. The van der Waals surface area contributed by atoms with Crippen molar-refractivity contribution in [1.29, 1.82) is 0 Å². The Hall–Kier alpha value is -3.48. The maximum Gasteiger partial charge on any atom is 0.255 e. The zero-order chi connectivity index (χ0) is 21.5. The molecule has 0 fully saturated rings. The fourth-order valence-electron chi connectivity index (χ4n) is 3.70. The molecule has 0 saturated carbocycles. The summed E-state index contributed by atoms with van der Waals surface area (Å²) in [6.45, 7) is 10.4. The first-order valence-corrected chi connectivity index (χ1v) is 9.98. The highest BCUT2D eigenvalue weighted by molar-refractivity contribution is 6.06. The molecule has 0 radical (unpaired) electrons. The molecule has 2 aromatic carbocycles. The molecule has 0 saturated heterocycles. The number of carbonyl (C=O) groups is 1. The van der Waals surface area contributed by atoms with E-state index >= 15 is 0 Å². The topological polar surface area (TPSA) is 84.7 Å². The predicted octanol–water partition coefficient (Wildman–Crippen LogP) is 4.21. The van der Waals surface area contributed by atoms with Crippen LogP contribution in [0.5, 0.6) is 0 Å². The first-order valence-electron chi connectivity index (χ1n) is 9.98. The van der Waals surface area contributed by atoms with E-state index in [1.165, 1.54) is 5.56 Å². The van der Waals surface area contributed by atoms with Gasteiger partial charge in [-0.1, -0.05) is 62.3 Å². The smallest absolute Gasteiger partial charge is 0.255 e. The zero-order valence-electron chi connectivity index (χ0n) is 17.9. The summed E-state index contributed by atoms with van der Waals surface area (Å²) in [7, 11) is 0. The van der Waals surface area contributed by atoms with Crippen molar-refractivity contribution in [3.63, 3.8) is 0 Å². The Balaban J connectivity index is 1.74. The lowest BCUT2D eigenvalue weighted by molar-refractivity contribution is -0.113. The molecule has 30 heavy (non-hydrogen) atoms. The molecular weight excluding hydrogens is 376 g/mol. The molecule has 2 N–H and O–H groups in total. The molecule has 1 unspecified atom stereocenters. The zero-order valence-corrected chi connectivity index (χ0v) is 17.9. The summed E-state index contributed by atoms with van der Waals surface area (Å²) in [5.74, 6) is 0.334. The van der Waals surface area contributed by atoms with Crippen molar-refractivity contribution in [2.75, 3.05) is 10.6 Å². The highest BCUT2D eigenvalue weighted by Gasteiger charge is 2.34. The molecule has 1 amide bonds. The van der Waals surface area contributed by atoms with Crippen molar-refractivity contribution in [3.8, 4) is 0 Å². The van der Waals surface area contributed by atoms with Crippen molar-refractivity contribution < 1.29 is 4.79 Å². The molecule has 7 nitrogen and oxygen atoms in total. The van der Waals surface area contributed by atoms with E-state index in [9.17, 15) is 4.79 Å². The number of nitrogens with one attached hydrogen (secondary N) is 2. The van der Waals surface area contributed by atoms with Gasteiger partial charge in [0.1, 0.15) is 6.04 Å². The second kappa shape index (κ2) is 7.40.